The molecule has 0 spiro atoms. The zero-order valence-corrected chi connectivity index (χ0v) is 20.6. The van der Waals surface area contributed by atoms with Gasteiger partial charge in [-0.05, 0) is 29.5 Å². The molecular formula is C22H17Cl3F4N2O2S. The Morgan fingerprint density at radius 2 is 1.71 bits per heavy atom. The number of thioether (sulfide) groups is 1. The number of amides is 1. The molecule has 2 aromatic rings. The fourth-order valence-electron chi connectivity index (χ4n) is 3.94. The van der Waals surface area contributed by atoms with E-state index in [1.807, 2.05) is 0 Å². The summed E-state index contributed by atoms with van der Waals surface area (Å²) >= 11 is 19.1. The highest BCUT2D eigenvalue weighted by Gasteiger charge is 2.62. The molecule has 1 atom stereocenters. The van der Waals surface area contributed by atoms with Gasteiger partial charge < -0.3 is 9.74 Å². The summed E-state index contributed by atoms with van der Waals surface area (Å²) in [6.45, 7) is -0.129. The van der Waals surface area contributed by atoms with Crippen LogP contribution < -0.4 is 0 Å². The molecule has 2 aromatic carbocycles. The average molecular weight is 556 g/mol. The van der Waals surface area contributed by atoms with E-state index in [-0.39, 0.29) is 51.1 Å². The Kier molecular flexibility index (Phi) is 6.78. The summed E-state index contributed by atoms with van der Waals surface area (Å²) in [5.74, 6) is 0.139. The molecule has 0 N–H and O–H groups in total. The highest BCUT2D eigenvalue weighted by Crippen LogP contribution is 2.50. The molecule has 1 amide bonds. The number of oxime groups is 1. The number of rotatable bonds is 5. The van der Waals surface area contributed by atoms with Crippen molar-refractivity contribution < 1.29 is 27.2 Å². The topological polar surface area (TPSA) is 41.9 Å². The number of alkyl halides is 4. The third-order valence-corrected chi connectivity index (χ3v) is 7.61. The van der Waals surface area contributed by atoms with E-state index in [1.54, 1.807) is 6.26 Å². The van der Waals surface area contributed by atoms with E-state index < -0.39 is 23.9 Å². The van der Waals surface area contributed by atoms with Crippen molar-refractivity contribution in [3.8, 4) is 0 Å². The minimum atomic E-state index is -4.85. The molecule has 4 nitrogen and oxygen atoms in total. The van der Waals surface area contributed by atoms with Crippen LogP contribution in [-0.2, 0) is 20.9 Å². The smallest absolute Gasteiger partial charge is 0.374 e. The molecule has 1 saturated heterocycles. The SMILES string of the molecule is CSCC(=O)N1CC(F)(c2ccc(C3=NOC(c4cc(Cl)c(Cl)c(Cl)c4)(C(F)(F)F)C3)cc2)C1. The Bertz CT molecular complexity index is 1130. The van der Waals surface area contributed by atoms with Gasteiger partial charge in [0.15, 0.2) is 5.67 Å². The van der Waals surface area contributed by atoms with E-state index in [0.717, 1.165) is 12.1 Å². The molecule has 0 saturated carbocycles. The molecule has 4 rings (SSSR count). The van der Waals surface area contributed by atoms with Crippen LogP contribution in [0, 0.1) is 0 Å². The predicted octanol–water partition coefficient (Wildman–Crippen LogP) is 6.60. The van der Waals surface area contributed by atoms with Crippen molar-refractivity contribution in [1.82, 2.24) is 4.90 Å². The third kappa shape index (κ3) is 4.36. The van der Waals surface area contributed by atoms with Gasteiger partial charge in [0.2, 0.25) is 5.91 Å². The van der Waals surface area contributed by atoms with Crippen LogP contribution in [0.1, 0.15) is 23.1 Å². The van der Waals surface area contributed by atoms with Crippen molar-refractivity contribution >= 4 is 58.2 Å². The quantitative estimate of drug-likeness (QED) is 0.308. The molecule has 0 radical (unpaired) electrons. The number of likely N-dealkylation sites (tertiary alicyclic amines) is 1. The monoisotopic (exact) mass is 554 g/mol. The van der Waals surface area contributed by atoms with Gasteiger partial charge in [0.25, 0.3) is 5.60 Å². The van der Waals surface area contributed by atoms with Crippen LogP contribution in [0.15, 0.2) is 41.6 Å². The van der Waals surface area contributed by atoms with Gasteiger partial charge in [-0.1, -0.05) is 64.2 Å². The maximum atomic E-state index is 15.2. The Balaban J connectivity index is 1.55. The van der Waals surface area contributed by atoms with Gasteiger partial charge in [0.1, 0.15) is 0 Å². The average Bonchev–Trinajstić information content (AvgIpc) is 3.22. The first-order valence-electron chi connectivity index (χ1n) is 9.93. The van der Waals surface area contributed by atoms with Crippen molar-refractivity contribution in [3.63, 3.8) is 0 Å². The van der Waals surface area contributed by atoms with Gasteiger partial charge in [-0.3, -0.25) is 4.79 Å². The van der Waals surface area contributed by atoms with Crippen molar-refractivity contribution in [2.45, 2.75) is 23.9 Å². The molecule has 2 heterocycles. The minimum absolute atomic E-state index is 0.0318. The van der Waals surface area contributed by atoms with E-state index in [4.69, 9.17) is 39.6 Å². The fraction of sp³-hybridized carbons (Fsp3) is 0.364. The van der Waals surface area contributed by atoms with E-state index >= 15 is 4.39 Å². The summed E-state index contributed by atoms with van der Waals surface area (Å²) in [5.41, 5.74) is -4.12. The third-order valence-electron chi connectivity index (χ3n) is 5.88. The number of carbonyl (C=O) groups excluding carboxylic acids is 1. The van der Waals surface area contributed by atoms with Gasteiger partial charge in [-0.15, -0.1) is 0 Å². The van der Waals surface area contributed by atoms with Crippen molar-refractivity contribution in [1.29, 1.82) is 0 Å². The predicted molar refractivity (Wildman–Crippen MR) is 126 cm³/mol. The Hall–Kier alpha value is -1.68. The Morgan fingerprint density at radius 1 is 1.12 bits per heavy atom. The van der Waals surface area contributed by atoms with Crippen LogP contribution in [0.5, 0.6) is 0 Å². The summed E-state index contributed by atoms with van der Waals surface area (Å²) in [5, 5.41) is 3.34. The molecule has 2 aliphatic heterocycles. The molecule has 34 heavy (non-hydrogen) atoms. The molecular weight excluding hydrogens is 539 g/mol. The summed E-state index contributed by atoms with van der Waals surface area (Å²) in [6.07, 6.45) is -3.69. The standard InChI is InChI=1S/C22H17Cl3F4N2O2S/c1-34-9-18(32)31-10-20(26,11-31)13-4-2-12(3-5-13)17-8-21(33-30-17,22(27,28)29)14-6-15(23)19(25)16(24)7-14/h2-7H,8-11H2,1H3. The van der Waals surface area contributed by atoms with Gasteiger partial charge in [-0.25, -0.2) is 4.39 Å². The van der Waals surface area contributed by atoms with Gasteiger partial charge in [-0.2, -0.15) is 24.9 Å². The second-order valence-electron chi connectivity index (χ2n) is 8.11. The number of hydrogen-bond acceptors (Lipinski definition) is 4. The Morgan fingerprint density at radius 3 is 2.24 bits per heavy atom. The second kappa shape index (κ2) is 9.08. The molecule has 1 unspecified atom stereocenters. The van der Waals surface area contributed by atoms with E-state index in [1.165, 1.54) is 40.9 Å². The van der Waals surface area contributed by atoms with Crippen LogP contribution in [0.4, 0.5) is 17.6 Å². The number of hydrogen-bond donors (Lipinski definition) is 0. The van der Waals surface area contributed by atoms with Crippen LogP contribution in [0.2, 0.25) is 15.1 Å². The van der Waals surface area contributed by atoms with Crippen LogP contribution >= 0.6 is 46.6 Å². The minimum Gasteiger partial charge on any atom is -0.374 e. The Labute approximate surface area is 212 Å². The van der Waals surface area contributed by atoms with Crippen molar-refractivity contribution in [2.75, 3.05) is 25.1 Å². The summed E-state index contributed by atoms with van der Waals surface area (Å²) < 4.78 is 57.7. The van der Waals surface area contributed by atoms with E-state index in [9.17, 15) is 18.0 Å². The highest BCUT2D eigenvalue weighted by atomic mass is 35.5. The molecule has 2 aliphatic rings. The van der Waals surface area contributed by atoms with Crippen molar-refractivity contribution in [3.05, 3.63) is 68.2 Å². The van der Waals surface area contributed by atoms with E-state index in [0.29, 0.717) is 11.1 Å². The van der Waals surface area contributed by atoms with Crippen LogP contribution in [0.25, 0.3) is 0 Å². The zero-order chi connectivity index (χ0) is 24.9. The first-order chi connectivity index (χ1) is 15.9. The molecule has 0 aromatic heterocycles. The van der Waals surface area contributed by atoms with Crippen molar-refractivity contribution in [2.24, 2.45) is 5.16 Å². The lowest BCUT2D eigenvalue weighted by atomic mass is 9.85. The maximum Gasteiger partial charge on any atom is 0.435 e. The van der Waals surface area contributed by atoms with E-state index in [2.05, 4.69) is 5.16 Å². The normalized spacial score (nSPS) is 21.6. The molecule has 1 fully saturated rings. The summed E-state index contributed by atoms with van der Waals surface area (Å²) in [4.78, 5) is 18.3. The van der Waals surface area contributed by atoms with Crippen LogP contribution in [-0.4, -0.2) is 47.8 Å². The first kappa shape index (κ1) is 25.4. The number of benzene rings is 2. The van der Waals surface area contributed by atoms with Gasteiger partial charge >= 0.3 is 6.18 Å². The lowest BCUT2D eigenvalue weighted by Crippen LogP contribution is -2.59. The van der Waals surface area contributed by atoms with Crippen LogP contribution in [0.3, 0.4) is 0 Å². The second-order valence-corrected chi connectivity index (χ2v) is 10.2. The highest BCUT2D eigenvalue weighted by molar-refractivity contribution is 7.99. The fourth-order valence-corrected chi connectivity index (χ4v) is 4.97. The summed E-state index contributed by atoms with van der Waals surface area (Å²) in [7, 11) is 0. The number of nitrogens with zero attached hydrogens (tertiary/aromatic N) is 2. The number of carbonyl (C=O) groups is 1. The largest absolute Gasteiger partial charge is 0.435 e. The molecule has 0 bridgehead atoms. The first-order valence-corrected chi connectivity index (χ1v) is 12.5. The number of halogens is 7. The summed E-state index contributed by atoms with van der Waals surface area (Å²) in [6, 6.07) is 8.05. The van der Waals surface area contributed by atoms with Gasteiger partial charge in [0, 0.05) is 12.0 Å². The molecule has 12 heteroatoms. The molecule has 0 aliphatic carbocycles. The zero-order valence-electron chi connectivity index (χ0n) is 17.6. The molecule has 182 valence electrons. The van der Waals surface area contributed by atoms with Gasteiger partial charge in [0.05, 0.1) is 39.6 Å². The lowest BCUT2D eigenvalue weighted by Gasteiger charge is -2.44. The lowest BCUT2D eigenvalue weighted by molar-refractivity contribution is -0.275. The maximum absolute atomic E-state index is 15.2.